The number of amides is 1. The number of nitrogens with one attached hydrogen (secondary N) is 2. The summed E-state index contributed by atoms with van der Waals surface area (Å²) in [6.07, 6.45) is 8.38. The molecule has 0 radical (unpaired) electrons. The van der Waals surface area contributed by atoms with Crippen LogP contribution in [-0.4, -0.2) is 34.0 Å². The second kappa shape index (κ2) is 7.23. The van der Waals surface area contributed by atoms with Crippen molar-refractivity contribution in [3.8, 4) is 0 Å². The molecule has 106 valence electrons. The molecule has 19 heavy (non-hydrogen) atoms. The molecule has 0 aliphatic heterocycles. The normalized spacial score (nSPS) is 16.5. The van der Waals surface area contributed by atoms with E-state index < -0.39 is 0 Å². The van der Waals surface area contributed by atoms with Gasteiger partial charge in [-0.25, -0.2) is 0 Å². The van der Waals surface area contributed by atoms with Gasteiger partial charge in [0.1, 0.15) is 0 Å². The van der Waals surface area contributed by atoms with Gasteiger partial charge in [0.2, 0.25) is 5.91 Å². The van der Waals surface area contributed by atoms with E-state index in [9.17, 15) is 4.79 Å². The van der Waals surface area contributed by atoms with E-state index in [0.717, 1.165) is 18.5 Å². The molecule has 1 fully saturated rings. The monoisotopic (exact) mass is 265 g/mol. The summed E-state index contributed by atoms with van der Waals surface area (Å²) < 4.78 is 1.73. The van der Waals surface area contributed by atoms with Crippen LogP contribution in [0.5, 0.6) is 0 Å². The lowest BCUT2D eigenvalue weighted by Crippen LogP contribution is -2.36. The fourth-order valence-corrected chi connectivity index (χ4v) is 2.47. The third-order valence-corrected chi connectivity index (χ3v) is 3.48. The highest BCUT2D eigenvalue weighted by atomic mass is 16.1. The van der Waals surface area contributed by atoms with Crippen molar-refractivity contribution >= 4 is 5.91 Å². The lowest BCUT2D eigenvalue weighted by Gasteiger charge is -2.22. The maximum atomic E-state index is 11.8. The Bertz CT molecular complexity index is 397. The van der Waals surface area contributed by atoms with Crippen molar-refractivity contribution in [2.75, 3.05) is 7.05 Å². The molecule has 0 spiro atoms. The zero-order valence-electron chi connectivity index (χ0n) is 11.6. The van der Waals surface area contributed by atoms with Gasteiger partial charge in [0.15, 0.2) is 0 Å². The first kappa shape index (κ1) is 14.0. The van der Waals surface area contributed by atoms with Gasteiger partial charge in [0.05, 0.1) is 12.2 Å². The van der Waals surface area contributed by atoms with Crippen molar-refractivity contribution in [1.82, 2.24) is 25.6 Å². The first-order valence-electron chi connectivity index (χ1n) is 7.11. The van der Waals surface area contributed by atoms with Crippen molar-refractivity contribution in [1.29, 1.82) is 0 Å². The van der Waals surface area contributed by atoms with E-state index in [1.54, 1.807) is 4.68 Å². The second-order valence-corrected chi connectivity index (χ2v) is 5.16. The van der Waals surface area contributed by atoms with Crippen molar-refractivity contribution in [3.05, 3.63) is 11.9 Å². The van der Waals surface area contributed by atoms with Crippen LogP contribution in [0.4, 0.5) is 0 Å². The van der Waals surface area contributed by atoms with Gasteiger partial charge in [-0.1, -0.05) is 24.5 Å². The molecule has 1 aliphatic rings. The van der Waals surface area contributed by atoms with Gasteiger partial charge >= 0.3 is 0 Å². The Morgan fingerprint density at radius 1 is 1.42 bits per heavy atom. The first-order chi connectivity index (χ1) is 9.28. The number of rotatable bonds is 6. The van der Waals surface area contributed by atoms with Crippen LogP contribution in [0.2, 0.25) is 0 Å². The topological polar surface area (TPSA) is 71.8 Å². The lowest BCUT2D eigenvalue weighted by atomic mass is 9.95. The Kier molecular flexibility index (Phi) is 5.32. The van der Waals surface area contributed by atoms with E-state index in [2.05, 4.69) is 20.9 Å². The molecule has 6 nitrogen and oxygen atoms in total. The van der Waals surface area contributed by atoms with Crippen LogP contribution in [0.1, 0.15) is 44.2 Å². The summed E-state index contributed by atoms with van der Waals surface area (Å²) in [6.45, 7) is 1.30. The zero-order valence-corrected chi connectivity index (χ0v) is 11.6. The molecule has 1 amide bonds. The Hall–Kier alpha value is -1.43. The molecule has 1 aromatic rings. The SMILES string of the molecule is CNCc1cn(CCC(=O)NC2CCCCC2)nn1. The van der Waals surface area contributed by atoms with E-state index in [-0.39, 0.29) is 5.91 Å². The molecule has 0 unspecified atom stereocenters. The highest BCUT2D eigenvalue weighted by Crippen LogP contribution is 2.17. The van der Waals surface area contributed by atoms with Gasteiger partial charge in [-0.15, -0.1) is 5.10 Å². The quantitative estimate of drug-likeness (QED) is 0.799. The van der Waals surface area contributed by atoms with E-state index in [1.165, 1.54) is 19.3 Å². The van der Waals surface area contributed by atoms with E-state index in [1.807, 2.05) is 13.2 Å². The largest absolute Gasteiger partial charge is 0.353 e. The zero-order chi connectivity index (χ0) is 13.5. The van der Waals surface area contributed by atoms with Crippen LogP contribution in [0.15, 0.2) is 6.20 Å². The molecule has 0 aromatic carbocycles. The summed E-state index contributed by atoms with van der Waals surface area (Å²) in [5.41, 5.74) is 0.898. The molecule has 1 aliphatic carbocycles. The van der Waals surface area contributed by atoms with Crippen LogP contribution in [-0.2, 0) is 17.9 Å². The molecule has 1 heterocycles. The van der Waals surface area contributed by atoms with Gasteiger partial charge in [-0.05, 0) is 19.9 Å². The van der Waals surface area contributed by atoms with Gasteiger partial charge in [0.25, 0.3) is 0 Å². The molecule has 0 atom stereocenters. The summed E-state index contributed by atoms with van der Waals surface area (Å²) in [4.78, 5) is 11.8. The minimum Gasteiger partial charge on any atom is -0.353 e. The summed E-state index contributed by atoms with van der Waals surface area (Å²) in [5, 5.41) is 14.1. The average molecular weight is 265 g/mol. The van der Waals surface area contributed by atoms with Crippen LogP contribution < -0.4 is 10.6 Å². The maximum Gasteiger partial charge on any atom is 0.222 e. The number of carbonyl (C=O) groups excluding carboxylic acids is 1. The maximum absolute atomic E-state index is 11.8. The van der Waals surface area contributed by atoms with E-state index >= 15 is 0 Å². The Balaban J connectivity index is 1.69. The summed E-state index contributed by atoms with van der Waals surface area (Å²) in [7, 11) is 1.87. The molecule has 0 saturated heterocycles. The van der Waals surface area contributed by atoms with Gasteiger partial charge in [-0.2, -0.15) is 0 Å². The number of nitrogens with zero attached hydrogens (tertiary/aromatic N) is 3. The third-order valence-electron chi connectivity index (χ3n) is 3.48. The van der Waals surface area contributed by atoms with Crippen molar-refractivity contribution < 1.29 is 4.79 Å². The lowest BCUT2D eigenvalue weighted by molar-refractivity contribution is -0.122. The van der Waals surface area contributed by atoms with Crippen LogP contribution in [0.25, 0.3) is 0 Å². The minimum atomic E-state index is 0.123. The van der Waals surface area contributed by atoms with E-state index in [0.29, 0.717) is 25.6 Å². The minimum absolute atomic E-state index is 0.123. The molecule has 2 N–H and O–H groups in total. The fourth-order valence-electron chi connectivity index (χ4n) is 2.47. The van der Waals surface area contributed by atoms with Crippen molar-refractivity contribution in [3.63, 3.8) is 0 Å². The molecule has 6 heteroatoms. The highest BCUT2D eigenvalue weighted by molar-refractivity contribution is 5.76. The highest BCUT2D eigenvalue weighted by Gasteiger charge is 2.15. The average Bonchev–Trinajstić information content (AvgIpc) is 2.86. The molecule has 2 rings (SSSR count). The molecular formula is C13H23N5O. The predicted octanol–water partition coefficient (Wildman–Crippen LogP) is 0.836. The van der Waals surface area contributed by atoms with E-state index in [4.69, 9.17) is 0 Å². The van der Waals surface area contributed by atoms with Crippen LogP contribution >= 0.6 is 0 Å². The second-order valence-electron chi connectivity index (χ2n) is 5.16. The summed E-state index contributed by atoms with van der Waals surface area (Å²) in [5.74, 6) is 0.123. The molecular weight excluding hydrogens is 242 g/mol. The Morgan fingerprint density at radius 2 is 2.21 bits per heavy atom. The van der Waals surface area contributed by atoms with Crippen LogP contribution in [0.3, 0.4) is 0 Å². The van der Waals surface area contributed by atoms with Crippen molar-refractivity contribution in [2.24, 2.45) is 0 Å². The Labute approximate surface area is 113 Å². The number of carbonyl (C=O) groups is 1. The number of hydrogen-bond donors (Lipinski definition) is 2. The Morgan fingerprint density at radius 3 is 2.95 bits per heavy atom. The molecule has 1 aromatic heterocycles. The van der Waals surface area contributed by atoms with Gasteiger partial charge in [-0.3, -0.25) is 9.48 Å². The van der Waals surface area contributed by atoms with Crippen molar-refractivity contribution in [2.45, 2.75) is 57.7 Å². The summed E-state index contributed by atoms with van der Waals surface area (Å²) in [6, 6.07) is 0.386. The predicted molar refractivity (Wildman–Crippen MR) is 72.4 cm³/mol. The van der Waals surface area contributed by atoms with Gasteiger partial charge < -0.3 is 10.6 Å². The molecule has 1 saturated carbocycles. The van der Waals surface area contributed by atoms with Gasteiger partial charge in [0, 0.05) is 25.2 Å². The summed E-state index contributed by atoms with van der Waals surface area (Å²) >= 11 is 0. The number of hydrogen-bond acceptors (Lipinski definition) is 4. The molecule has 0 bridgehead atoms. The standard InChI is InChI=1S/C13H23N5O/c1-14-9-12-10-18(17-16-12)8-7-13(19)15-11-5-3-2-4-6-11/h10-11,14H,2-9H2,1H3,(H,15,19). The fraction of sp³-hybridized carbons (Fsp3) is 0.769. The van der Waals surface area contributed by atoms with Crippen LogP contribution in [0, 0.1) is 0 Å². The smallest absolute Gasteiger partial charge is 0.222 e. The third kappa shape index (κ3) is 4.63. The number of aromatic nitrogens is 3. The number of aryl methyl sites for hydroxylation is 1. The first-order valence-corrected chi connectivity index (χ1v) is 7.11.